The van der Waals surface area contributed by atoms with Crippen LogP contribution in [0.15, 0.2) is 18.2 Å². The summed E-state index contributed by atoms with van der Waals surface area (Å²) in [5.74, 6) is -0.857. The topological polar surface area (TPSA) is 86.7 Å². The van der Waals surface area contributed by atoms with E-state index < -0.39 is 22.5 Å². The van der Waals surface area contributed by atoms with Crippen LogP contribution in [0.25, 0.3) is 0 Å². The Hall–Kier alpha value is -0.860. The van der Waals surface area contributed by atoms with Crippen molar-refractivity contribution in [2.45, 2.75) is 52.0 Å². The highest BCUT2D eigenvalue weighted by Crippen LogP contribution is 2.23. The van der Waals surface area contributed by atoms with Gasteiger partial charge >= 0.3 is 0 Å². The summed E-state index contributed by atoms with van der Waals surface area (Å²) < 4.78 is 26.3. The number of benzene rings is 1. The van der Waals surface area contributed by atoms with Crippen LogP contribution in [0.2, 0.25) is 10.0 Å². The fourth-order valence-corrected chi connectivity index (χ4v) is 4.43. The van der Waals surface area contributed by atoms with Gasteiger partial charge in [0.15, 0.2) is 0 Å². The maximum Gasteiger partial charge on any atom is 0.258 e. The predicted octanol–water partition coefficient (Wildman–Crippen LogP) is 3.99. The molecule has 1 aromatic carbocycles. The van der Waals surface area contributed by atoms with Crippen molar-refractivity contribution in [3.63, 3.8) is 0 Å². The Labute approximate surface area is 165 Å². The molecule has 1 amide bonds. The molecule has 0 bridgehead atoms. The maximum absolute atomic E-state index is 12.6. The van der Waals surface area contributed by atoms with Crippen LogP contribution in [0, 0.1) is 0 Å². The first kappa shape index (κ1) is 23.2. The number of sulfonamides is 1. The summed E-state index contributed by atoms with van der Waals surface area (Å²) in [6.07, 6.45) is 5.70. The average molecular weight is 425 g/mol. The Morgan fingerprint density at radius 3 is 2.42 bits per heavy atom. The van der Waals surface area contributed by atoms with Crippen LogP contribution in [0.5, 0.6) is 0 Å². The van der Waals surface area contributed by atoms with Gasteiger partial charge in [0, 0.05) is 16.6 Å². The molecule has 148 valence electrons. The number of hydrogen-bond acceptors (Lipinski definition) is 4. The Morgan fingerprint density at radius 2 is 1.81 bits per heavy atom. The van der Waals surface area contributed by atoms with E-state index in [0.717, 1.165) is 36.4 Å². The summed E-state index contributed by atoms with van der Waals surface area (Å²) >= 11 is 12.0. The molecule has 2 N–H and O–H groups in total. The predicted molar refractivity (Wildman–Crippen MR) is 104 cm³/mol. The van der Waals surface area contributed by atoms with E-state index in [0.29, 0.717) is 22.0 Å². The number of amides is 1. The lowest BCUT2D eigenvalue weighted by Gasteiger charge is -2.22. The summed E-state index contributed by atoms with van der Waals surface area (Å²) in [5.41, 5.74) is 2.00. The van der Waals surface area contributed by atoms with E-state index in [9.17, 15) is 13.2 Å². The smallest absolute Gasteiger partial charge is 0.258 e. The highest BCUT2D eigenvalue weighted by atomic mass is 35.5. The van der Waals surface area contributed by atoms with Crippen molar-refractivity contribution < 1.29 is 18.4 Å². The van der Waals surface area contributed by atoms with Crippen molar-refractivity contribution in [3.8, 4) is 0 Å². The number of carbonyl (C=O) groups excluding carboxylic acids is 1. The van der Waals surface area contributed by atoms with Crippen LogP contribution in [-0.2, 0) is 21.4 Å². The largest absolute Gasteiger partial charge is 0.289 e. The third-order valence-corrected chi connectivity index (χ3v) is 6.39. The number of halogens is 2. The van der Waals surface area contributed by atoms with Crippen LogP contribution >= 0.6 is 23.2 Å². The van der Waals surface area contributed by atoms with Crippen LogP contribution in [0.4, 0.5) is 0 Å². The van der Waals surface area contributed by atoms with Gasteiger partial charge in [0.1, 0.15) is 0 Å². The quantitative estimate of drug-likeness (QED) is 0.301. The second-order valence-electron chi connectivity index (χ2n) is 6.12. The van der Waals surface area contributed by atoms with Crippen molar-refractivity contribution in [3.05, 3.63) is 33.8 Å². The van der Waals surface area contributed by atoms with Gasteiger partial charge in [-0.1, -0.05) is 68.3 Å². The lowest BCUT2D eigenvalue weighted by atomic mass is 10.1. The minimum Gasteiger partial charge on any atom is -0.289 e. The van der Waals surface area contributed by atoms with Crippen molar-refractivity contribution in [1.82, 2.24) is 9.79 Å². The lowest BCUT2D eigenvalue weighted by Crippen LogP contribution is -2.40. The molecule has 6 nitrogen and oxygen atoms in total. The van der Waals surface area contributed by atoms with Crippen molar-refractivity contribution in [1.29, 1.82) is 0 Å². The molecule has 0 unspecified atom stereocenters. The van der Waals surface area contributed by atoms with Gasteiger partial charge in [-0.2, -0.15) is 4.31 Å². The van der Waals surface area contributed by atoms with E-state index in [4.69, 9.17) is 28.4 Å². The van der Waals surface area contributed by atoms with Crippen LogP contribution < -0.4 is 5.48 Å². The fraction of sp³-hybridized carbons (Fsp3) is 0.588. The molecule has 0 aliphatic rings. The summed E-state index contributed by atoms with van der Waals surface area (Å²) in [4.78, 5) is 11.5. The first-order valence-electron chi connectivity index (χ1n) is 8.64. The van der Waals surface area contributed by atoms with E-state index >= 15 is 0 Å². The van der Waals surface area contributed by atoms with Crippen molar-refractivity contribution in [2.24, 2.45) is 0 Å². The average Bonchev–Trinajstić information content (AvgIpc) is 2.59. The van der Waals surface area contributed by atoms with E-state index in [2.05, 4.69) is 6.92 Å². The molecule has 9 heteroatoms. The minimum absolute atomic E-state index is 0.0525. The molecule has 0 fully saturated rings. The number of unbranched alkanes of at least 4 members (excludes halogenated alkanes) is 5. The zero-order valence-electron chi connectivity index (χ0n) is 14.9. The molecule has 0 spiro atoms. The zero-order chi connectivity index (χ0) is 19.6. The Kier molecular flexibility index (Phi) is 10.5. The molecule has 0 saturated heterocycles. The van der Waals surface area contributed by atoms with E-state index in [-0.39, 0.29) is 12.3 Å². The van der Waals surface area contributed by atoms with Crippen molar-refractivity contribution >= 4 is 39.1 Å². The number of nitrogens with one attached hydrogen (secondary N) is 1. The van der Waals surface area contributed by atoms with Crippen LogP contribution in [-0.4, -0.2) is 36.1 Å². The molecule has 26 heavy (non-hydrogen) atoms. The summed E-state index contributed by atoms with van der Waals surface area (Å²) in [5, 5.41) is 9.50. The Balaban J connectivity index is 2.78. The van der Waals surface area contributed by atoms with Gasteiger partial charge in [-0.15, -0.1) is 0 Å². The zero-order valence-corrected chi connectivity index (χ0v) is 17.2. The second kappa shape index (κ2) is 11.8. The van der Waals surface area contributed by atoms with Crippen molar-refractivity contribution in [2.75, 3.05) is 12.3 Å². The third kappa shape index (κ3) is 8.22. The first-order chi connectivity index (χ1) is 12.3. The lowest BCUT2D eigenvalue weighted by molar-refractivity contribution is -0.129. The first-order valence-corrected chi connectivity index (χ1v) is 11.0. The van der Waals surface area contributed by atoms with E-state index in [1.165, 1.54) is 11.5 Å². The van der Waals surface area contributed by atoms with E-state index in [1.54, 1.807) is 12.1 Å². The molecule has 0 aliphatic carbocycles. The molecule has 0 radical (unpaired) electrons. The van der Waals surface area contributed by atoms with Crippen LogP contribution in [0.3, 0.4) is 0 Å². The molecular weight excluding hydrogens is 399 g/mol. The van der Waals surface area contributed by atoms with Gasteiger partial charge in [-0.05, 0) is 24.1 Å². The number of nitrogens with zero attached hydrogens (tertiary/aromatic N) is 1. The van der Waals surface area contributed by atoms with E-state index in [1.807, 2.05) is 0 Å². The molecule has 0 saturated carbocycles. The highest BCUT2D eigenvalue weighted by molar-refractivity contribution is 7.89. The normalized spacial score (nSPS) is 11.7. The molecule has 1 rings (SSSR count). The summed E-state index contributed by atoms with van der Waals surface area (Å²) in [6, 6.07) is 4.74. The van der Waals surface area contributed by atoms with Gasteiger partial charge in [0.05, 0.1) is 12.3 Å². The Morgan fingerprint density at radius 1 is 1.15 bits per heavy atom. The van der Waals surface area contributed by atoms with Gasteiger partial charge in [0.25, 0.3) is 5.91 Å². The monoisotopic (exact) mass is 424 g/mol. The van der Waals surface area contributed by atoms with Gasteiger partial charge < -0.3 is 0 Å². The molecule has 0 aromatic heterocycles. The highest BCUT2D eigenvalue weighted by Gasteiger charge is 2.25. The van der Waals surface area contributed by atoms with Gasteiger partial charge in [-0.3, -0.25) is 10.0 Å². The summed E-state index contributed by atoms with van der Waals surface area (Å²) in [6.45, 7) is 1.58. The molecule has 0 heterocycles. The third-order valence-electron chi connectivity index (χ3n) is 3.96. The molecule has 0 atom stereocenters. The number of hydrogen-bond donors (Lipinski definition) is 2. The maximum atomic E-state index is 12.6. The number of carbonyl (C=O) groups is 1. The standard InChI is InChI=1S/C17H26Cl2N2O4S/c1-2-3-4-5-6-7-10-26(24,25)21(13-17(22)20-23)12-14-8-9-15(18)11-16(14)19/h8-9,11,23H,2-7,10,12-13H2,1H3,(H,20,22). The number of rotatable bonds is 12. The Bertz CT molecular complexity index is 683. The fourth-order valence-electron chi connectivity index (χ4n) is 2.48. The van der Waals surface area contributed by atoms with Gasteiger partial charge in [0.2, 0.25) is 10.0 Å². The molecular formula is C17H26Cl2N2O4S. The molecule has 0 aliphatic heterocycles. The molecule has 1 aromatic rings. The van der Waals surface area contributed by atoms with Gasteiger partial charge in [-0.25, -0.2) is 13.9 Å². The minimum atomic E-state index is -3.68. The second-order valence-corrected chi connectivity index (χ2v) is 9.05. The number of hydroxylamine groups is 1. The summed E-state index contributed by atoms with van der Waals surface area (Å²) in [7, 11) is -3.68. The van der Waals surface area contributed by atoms with Crippen LogP contribution in [0.1, 0.15) is 51.0 Å². The SMILES string of the molecule is CCCCCCCCS(=O)(=O)N(CC(=O)NO)Cc1ccc(Cl)cc1Cl.